The molecule has 1 rings (SSSR count). The molecule has 0 fully saturated rings. The van der Waals surface area contributed by atoms with Gasteiger partial charge in [0.05, 0.1) is 38.2 Å². The number of hydrogen-bond acceptors (Lipinski definition) is 7. The summed E-state index contributed by atoms with van der Waals surface area (Å²) in [5.41, 5.74) is -0.294. The van der Waals surface area contributed by atoms with E-state index in [1.54, 1.807) is 0 Å². The van der Waals surface area contributed by atoms with Gasteiger partial charge >= 0.3 is 5.97 Å². The van der Waals surface area contributed by atoms with Crippen LogP contribution in [0.4, 0.5) is 5.69 Å². The Labute approximate surface area is 129 Å². The Morgan fingerprint density at radius 3 is 2.59 bits per heavy atom. The normalized spacial score (nSPS) is 11.2. The molecule has 0 aliphatic carbocycles. The van der Waals surface area contributed by atoms with E-state index in [2.05, 4.69) is 9.46 Å². The number of benzene rings is 1. The lowest BCUT2D eigenvalue weighted by Crippen LogP contribution is -2.22. The average molecular weight is 333 g/mol. The fourth-order valence-electron chi connectivity index (χ4n) is 1.55. The molecule has 0 bridgehead atoms. The molecule has 0 saturated heterocycles. The van der Waals surface area contributed by atoms with Gasteiger partial charge < -0.3 is 19.3 Å². The summed E-state index contributed by atoms with van der Waals surface area (Å²) in [6.45, 7) is 0.593. The number of phenols is 1. The minimum atomic E-state index is -3.79. The van der Waals surface area contributed by atoms with Crippen LogP contribution in [-0.4, -0.2) is 59.3 Å². The van der Waals surface area contributed by atoms with Gasteiger partial charge in [-0.2, -0.15) is 0 Å². The minimum absolute atomic E-state index is 0.0418. The molecule has 0 unspecified atom stereocenters. The van der Waals surface area contributed by atoms with Crippen LogP contribution in [0, 0.1) is 0 Å². The molecule has 124 valence electrons. The fourth-order valence-corrected chi connectivity index (χ4v) is 2.51. The van der Waals surface area contributed by atoms with Gasteiger partial charge in [0.1, 0.15) is 11.4 Å². The first-order valence-corrected chi connectivity index (χ1v) is 8.04. The highest BCUT2D eigenvalue weighted by atomic mass is 32.2. The highest BCUT2D eigenvalue weighted by Crippen LogP contribution is 2.28. The molecular formula is C13H19NO7S. The van der Waals surface area contributed by atoms with E-state index in [9.17, 15) is 18.3 Å². The molecule has 0 saturated carbocycles. The number of rotatable bonds is 9. The van der Waals surface area contributed by atoms with Crippen molar-refractivity contribution in [2.24, 2.45) is 0 Å². The number of nitrogens with one attached hydrogen (secondary N) is 1. The van der Waals surface area contributed by atoms with Gasteiger partial charge in [-0.25, -0.2) is 13.2 Å². The number of aromatic hydroxyl groups is 1. The quantitative estimate of drug-likeness (QED) is 0.386. The maximum atomic E-state index is 12.0. The summed E-state index contributed by atoms with van der Waals surface area (Å²) < 4.78 is 40.5. The predicted molar refractivity (Wildman–Crippen MR) is 79.6 cm³/mol. The lowest BCUT2D eigenvalue weighted by Gasteiger charge is -2.13. The van der Waals surface area contributed by atoms with Gasteiger partial charge in [0.15, 0.2) is 0 Å². The SMILES string of the molecule is COCCOCCS(=O)(=O)Nc1c(O)cccc1C(=O)OC. The molecule has 0 aliphatic heterocycles. The van der Waals surface area contributed by atoms with Crippen molar-refractivity contribution in [2.75, 3.05) is 44.5 Å². The first-order chi connectivity index (χ1) is 10.4. The third-order valence-electron chi connectivity index (χ3n) is 2.63. The van der Waals surface area contributed by atoms with Crippen LogP contribution in [0.2, 0.25) is 0 Å². The highest BCUT2D eigenvalue weighted by molar-refractivity contribution is 7.92. The Morgan fingerprint density at radius 1 is 1.23 bits per heavy atom. The van der Waals surface area contributed by atoms with E-state index in [-0.39, 0.29) is 36.0 Å². The van der Waals surface area contributed by atoms with E-state index < -0.39 is 16.0 Å². The molecule has 0 aromatic heterocycles. The largest absolute Gasteiger partial charge is 0.506 e. The molecule has 0 atom stereocenters. The lowest BCUT2D eigenvalue weighted by molar-refractivity contribution is 0.0601. The van der Waals surface area contributed by atoms with Crippen LogP contribution >= 0.6 is 0 Å². The molecule has 8 nitrogen and oxygen atoms in total. The molecule has 0 radical (unpaired) electrons. The molecule has 0 aliphatic rings. The second kappa shape index (κ2) is 8.57. The fraction of sp³-hybridized carbons (Fsp3) is 0.462. The molecule has 0 spiro atoms. The van der Waals surface area contributed by atoms with Crippen LogP contribution < -0.4 is 4.72 Å². The van der Waals surface area contributed by atoms with Crippen LogP contribution in [-0.2, 0) is 24.2 Å². The van der Waals surface area contributed by atoms with Crippen LogP contribution in [0.3, 0.4) is 0 Å². The standard InChI is InChI=1S/C13H19NO7S/c1-19-6-7-21-8-9-22(17,18)14-12-10(13(16)20-2)4-3-5-11(12)15/h3-5,14-15H,6-9H2,1-2H3. The smallest absolute Gasteiger partial charge is 0.340 e. The van der Waals surface area contributed by atoms with E-state index >= 15 is 0 Å². The van der Waals surface area contributed by atoms with Gasteiger partial charge in [-0.15, -0.1) is 0 Å². The summed E-state index contributed by atoms with van der Waals surface area (Å²) >= 11 is 0. The molecule has 1 aromatic rings. The lowest BCUT2D eigenvalue weighted by atomic mass is 10.1. The number of para-hydroxylation sites is 1. The van der Waals surface area contributed by atoms with E-state index in [1.807, 2.05) is 0 Å². The van der Waals surface area contributed by atoms with Crippen LogP contribution in [0.15, 0.2) is 18.2 Å². The monoisotopic (exact) mass is 333 g/mol. The summed E-state index contributed by atoms with van der Waals surface area (Å²) in [4.78, 5) is 11.6. The zero-order chi connectivity index (χ0) is 16.6. The Morgan fingerprint density at radius 2 is 1.95 bits per heavy atom. The second-order valence-corrected chi connectivity index (χ2v) is 6.06. The number of hydrogen-bond donors (Lipinski definition) is 2. The van der Waals surface area contributed by atoms with Crippen LogP contribution in [0.1, 0.15) is 10.4 Å². The first kappa shape index (κ1) is 18.2. The summed E-state index contributed by atoms with van der Waals surface area (Å²) in [6, 6.07) is 4.02. The van der Waals surface area contributed by atoms with Gasteiger partial charge in [-0.1, -0.05) is 6.07 Å². The number of carbonyl (C=O) groups is 1. The van der Waals surface area contributed by atoms with Crippen LogP contribution in [0.5, 0.6) is 5.75 Å². The molecule has 2 N–H and O–H groups in total. The third-order valence-corrected chi connectivity index (χ3v) is 3.85. The maximum Gasteiger partial charge on any atom is 0.340 e. The van der Waals surface area contributed by atoms with Crippen LogP contribution in [0.25, 0.3) is 0 Å². The van der Waals surface area contributed by atoms with Crippen molar-refractivity contribution in [1.29, 1.82) is 0 Å². The molecule has 1 aromatic carbocycles. The average Bonchev–Trinajstić information content (AvgIpc) is 2.48. The Kier molecular flexibility index (Phi) is 7.09. The van der Waals surface area contributed by atoms with E-state index in [4.69, 9.17) is 9.47 Å². The minimum Gasteiger partial charge on any atom is -0.506 e. The zero-order valence-electron chi connectivity index (χ0n) is 12.4. The number of phenolic OH excluding ortho intramolecular Hbond substituents is 1. The van der Waals surface area contributed by atoms with Crippen molar-refractivity contribution in [3.8, 4) is 5.75 Å². The van der Waals surface area contributed by atoms with Gasteiger partial charge in [0.25, 0.3) is 0 Å². The van der Waals surface area contributed by atoms with Crippen molar-refractivity contribution < 1.29 is 32.5 Å². The van der Waals surface area contributed by atoms with Gasteiger partial charge in [0.2, 0.25) is 10.0 Å². The van der Waals surface area contributed by atoms with Crippen molar-refractivity contribution in [2.45, 2.75) is 0 Å². The van der Waals surface area contributed by atoms with E-state index in [1.165, 1.54) is 25.3 Å². The Balaban J connectivity index is 2.78. The van der Waals surface area contributed by atoms with E-state index in [0.29, 0.717) is 6.61 Å². The number of ether oxygens (including phenoxy) is 3. The molecule has 22 heavy (non-hydrogen) atoms. The molecule has 0 heterocycles. The third kappa shape index (κ3) is 5.51. The zero-order valence-corrected chi connectivity index (χ0v) is 13.2. The molecule has 9 heteroatoms. The van der Waals surface area contributed by atoms with Crippen molar-refractivity contribution >= 4 is 21.7 Å². The maximum absolute atomic E-state index is 12.0. The summed E-state index contributed by atoms with van der Waals surface area (Å²) in [7, 11) is -1.12. The molecular weight excluding hydrogens is 314 g/mol. The second-order valence-electron chi connectivity index (χ2n) is 4.22. The summed E-state index contributed by atoms with van der Waals surface area (Å²) in [6.07, 6.45) is 0. The number of esters is 1. The predicted octanol–water partition coefficient (Wildman–Crippen LogP) is 0.583. The van der Waals surface area contributed by atoms with Gasteiger partial charge in [-0.3, -0.25) is 4.72 Å². The number of sulfonamides is 1. The number of anilines is 1. The Hall–Kier alpha value is -1.84. The van der Waals surface area contributed by atoms with Gasteiger partial charge in [0, 0.05) is 7.11 Å². The number of methoxy groups -OCH3 is 2. The van der Waals surface area contributed by atoms with Crippen molar-refractivity contribution in [3.05, 3.63) is 23.8 Å². The summed E-state index contributed by atoms with van der Waals surface area (Å²) in [5, 5.41) is 9.76. The summed E-state index contributed by atoms with van der Waals surface area (Å²) in [5.74, 6) is -1.46. The van der Waals surface area contributed by atoms with Crippen molar-refractivity contribution in [1.82, 2.24) is 0 Å². The molecule has 0 amide bonds. The number of carbonyl (C=O) groups excluding carboxylic acids is 1. The Bertz CT molecular complexity index is 600. The van der Waals surface area contributed by atoms with Gasteiger partial charge in [-0.05, 0) is 12.1 Å². The van der Waals surface area contributed by atoms with Crippen molar-refractivity contribution in [3.63, 3.8) is 0 Å². The topological polar surface area (TPSA) is 111 Å². The van der Waals surface area contributed by atoms with E-state index in [0.717, 1.165) is 7.11 Å². The first-order valence-electron chi connectivity index (χ1n) is 6.38. The highest BCUT2D eigenvalue weighted by Gasteiger charge is 2.20.